The molecule has 0 atom stereocenters. The minimum Gasteiger partial charge on any atom is -0.292 e. The summed E-state index contributed by atoms with van der Waals surface area (Å²) < 4.78 is 0. The number of rotatable bonds is 0. The molecule has 0 spiro atoms. The maximum absolute atomic E-state index is 4.30. The fourth-order valence-electron chi connectivity index (χ4n) is 2.11. The average molecular weight is 181 g/mol. The SMILES string of the molecule is C1=NCc2cc3cccccc-3c2C1. The number of fused-ring (bicyclic) bond motifs is 3. The predicted molar refractivity (Wildman–Crippen MR) is 59.0 cm³/mol. The molecule has 0 aromatic heterocycles. The zero-order valence-electron chi connectivity index (χ0n) is 7.90. The second kappa shape index (κ2) is 2.95. The Hall–Kier alpha value is -1.63. The molecule has 0 unspecified atom stereocenters. The molecule has 14 heavy (non-hydrogen) atoms. The Morgan fingerprint density at radius 1 is 1.07 bits per heavy atom. The lowest BCUT2D eigenvalue weighted by Gasteiger charge is -2.05. The van der Waals surface area contributed by atoms with Crippen LogP contribution in [0.1, 0.15) is 11.1 Å². The van der Waals surface area contributed by atoms with E-state index in [-0.39, 0.29) is 0 Å². The zero-order valence-corrected chi connectivity index (χ0v) is 7.90. The van der Waals surface area contributed by atoms with E-state index in [9.17, 15) is 0 Å². The Morgan fingerprint density at radius 3 is 3.00 bits per heavy atom. The van der Waals surface area contributed by atoms with Crippen LogP contribution in [0, 0.1) is 0 Å². The first-order valence-electron chi connectivity index (χ1n) is 4.93. The highest BCUT2D eigenvalue weighted by Gasteiger charge is 2.15. The quantitative estimate of drug-likeness (QED) is 0.592. The number of aliphatic imine (C=N–C) groups is 1. The third-order valence-corrected chi connectivity index (χ3v) is 2.80. The Bertz CT molecular complexity index is 471. The third-order valence-electron chi connectivity index (χ3n) is 2.80. The first-order chi connectivity index (χ1) is 6.95. The lowest BCUT2D eigenvalue weighted by Crippen LogP contribution is -1.96. The zero-order chi connectivity index (χ0) is 9.38. The van der Waals surface area contributed by atoms with Crippen molar-refractivity contribution in [3.8, 4) is 11.1 Å². The molecule has 1 heteroatoms. The van der Waals surface area contributed by atoms with E-state index in [1.807, 2.05) is 6.21 Å². The third kappa shape index (κ3) is 1.06. The molecule has 0 aromatic carbocycles. The van der Waals surface area contributed by atoms with Crippen LogP contribution in [0.2, 0.25) is 0 Å². The van der Waals surface area contributed by atoms with Gasteiger partial charge in [0, 0.05) is 12.6 Å². The molecule has 1 nitrogen and oxygen atoms in total. The molecule has 0 N–H and O–H groups in total. The lowest BCUT2D eigenvalue weighted by atomic mass is 10.0. The minimum absolute atomic E-state index is 0.855. The molecule has 0 radical (unpaired) electrons. The first kappa shape index (κ1) is 7.74. The van der Waals surface area contributed by atoms with Gasteiger partial charge in [-0.25, -0.2) is 0 Å². The normalized spacial score (nSPS) is 14.3. The standard InChI is InChI=1S/C13H11N/c1-2-4-10-8-11-9-14-7-6-13(11)12(10)5-3-1/h1-5,7-8H,6,9H2. The van der Waals surface area contributed by atoms with Crippen molar-refractivity contribution in [3.05, 3.63) is 47.5 Å². The molecule has 0 saturated carbocycles. The van der Waals surface area contributed by atoms with Crippen LogP contribution in [-0.4, -0.2) is 6.21 Å². The molecule has 68 valence electrons. The van der Waals surface area contributed by atoms with Crippen molar-refractivity contribution < 1.29 is 0 Å². The maximum atomic E-state index is 4.30. The summed E-state index contributed by atoms with van der Waals surface area (Å²) in [6, 6.07) is 12.9. The van der Waals surface area contributed by atoms with E-state index in [4.69, 9.17) is 0 Å². The summed E-state index contributed by atoms with van der Waals surface area (Å²) >= 11 is 0. The van der Waals surface area contributed by atoms with Gasteiger partial charge in [0.05, 0.1) is 6.54 Å². The highest BCUT2D eigenvalue weighted by atomic mass is 14.7. The highest BCUT2D eigenvalue weighted by molar-refractivity contribution is 5.79. The van der Waals surface area contributed by atoms with E-state index < -0.39 is 0 Å². The van der Waals surface area contributed by atoms with Gasteiger partial charge in [-0.1, -0.05) is 30.3 Å². The number of nitrogens with zero attached hydrogens (tertiary/aromatic N) is 1. The molecule has 3 rings (SSSR count). The molecule has 1 heterocycles. The second-order valence-corrected chi connectivity index (χ2v) is 3.66. The molecule has 0 amide bonds. The van der Waals surface area contributed by atoms with Crippen molar-refractivity contribution in [2.45, 2.75) is 13.0 Å². The van der Waals surface area contributed by atoms with Crippen LogP contribution >= 0.6 is 0 Å². The van der Waals surface area contributed by atoms with E-state index in [1.165, 1.54) is 22.3 Å². The molecular weight excluding hydrogens is 170 g/mol. The summed E-state index contributed by atoms with van der Waals surface area (Å²) in [4.78, 5) is 4.30. The van der Waals surface area contributed by atoms with Gasteiger partial charge < -0.3 is 0 Å². The van der Waals surface area contributed by atoms with Crippen molar-refractivity contribution >= 4 is 6.21 Å². The number of hydrogen-bond donors (Lipinski definition) is 0. The predicted octanol–water partition coefficient (Wildman–Crippen LogP) is 2.92. The fourth-order valence-corrected chi connectivity index (χ4v) is 2.11. The smallest absolute Gasteiger partial charge is 0.0639 e. The average Bonchev–Trinajstić information content (AvgIpc) is 2.42. The summed E-state index contributed by atoms with van der Waals surface area (Å²) in [6.07, 6.45) is 3.01. The van der Waals surface area contributed by atoms with Crippen molar-refractivity contribution in [1.29, 1.82) is 0 Å². The van der Waals surface area contributed by atoms with Gasteiger partial charge in [-0.05, 0) is 28.3 Å². The van der Waals surface area contributed by atoms with E-state index in [0.717, 1.165) is 13.0 Å². The summed E-state index contributed by atoms with van der Waals surface area (Å²) in [5.74, 6) is 0. The van der Waals surface area contributed by atoms with E-state index in [0.29, 0.717) is 0 Å². The maximum Gasteiger partial charge on any atom is 0.0639 e. The van der Waals surface area contributed by atoms with Crippen LogP contribution in [0.4, 0.5) is 0 Å². The summed E-state index contributed by atoms with van der Waals surface area (Å²) in [5.41, 5.74) is 5.58. The summed E-state index contributed by atoms with van der Waals surface area (Å²) in [6.45, 7) is 0.855. The van der Waals surface area contributed by atoms with Crippen LogP contribution < -0.4 is 0 Å². The Labute approximate surface area is 83.5 Å². The first-order valence-corrected chi connectivity index (χ1v) is 4.93. The van der Waals surface area contributed by atoms with Crippen LogP contribution in [0.15, 0.2) is 41.4 Å². The largest absolute Gasteiger partial charge is 0.292 e. The van der Waals surface area contributed by atoms with Gasteiger partial charge in [-0.3, -0.25) is 4.99 Å². The van der Waals surface area contributed by atoms with Crippen molar-refractivity contribution in [1.82, 2.24) is 0 Å². The van der Waals surface area contributed by atoms with Crippen molar-refractivity contribution in [3.63, 3.8) is 0 Å². The lowest BCUT2D eigenvalue weighted by molar-refractivity contribution is 1.02. The second-order valence-electron chi connectivity index (χ2n) is 3.66. The van der Waals surface area contributed by atoms with Crippen molar-refractivity contribution in [2.75, 3.05) is 0 Å². The van der Waals surface area contributed by atoms with Gasteiger partial charge in [0.2, 0.25) is 0 Å². The molecule has 1 aliphatic heterocycles. The van der Waals surface area contributed by atoms with Gasteiger partial charge >= 0.3 is 0 Å². The van der Waals surface area contributed by atoms with Gasteiger partial charge in [0.15, 0.2) is 0 Å². The van der Waals surface area contributed by atoms with Crippen LogP contribution in [0.5, 0.6) is 0 Å². The fraction of sp³-hybridized carbons (Fsp3) is 0.154. The highest BCUT2D eigenvalue weighted by Crippen LogP contribution is 2.32. The Balaban J connectivity index is 2.29. The Kier molecular flexibility index (Phi) is 1.63. The van der Waals surface area contributed by atoms with Crippen LogP contribution in [-0.2, 0) is 13.0 Å². The summed E-state index contributed by atoms with van der Waals surface area (Å²) in [7, 11) is 0. The molecule has 0 aromatic rings. The van der Waals surface area contributed by atoms with E-state index in [1.54, 1.807) is 0 Å². The monoisotopic (exact) mass is 181 g/mol. The number of hydrogen-bond acceptors (Lipinski definition) is 1. The molecule has 0 bridgehead atoms. The summed E-state index contributed by atoms with van der Waals surface area (Å²) in [5, 5.41) is 0. The van der Waals surface area contributed by atoms with Gasteiger partial charge in [-0.2, -0.15) is 0 Å². The van der Waals surface area contributed by atoms with Gasteiger partial charge in [0.1, 0.15) is 0 Å². The van der Waals surface area contributed by atoms with Crippen LogP contribution in [0.3, 0.4) is 0 Å². The molecular formula is C13H11N. The Morgan fingerprint density at radius 2 is 2.00 bits per heavy atom. The van der Waals surface area contributed by atoms with Crippen LogP contribution in [0.25, 0.3) is 11.1 Å². The van der Waals surface area contributed by atoms with E-state index in [2.05, 4.69) is 41.4 Å². The minimum atomic E-state index is 0.855. The molecule has 3 aliphatic rings. The van der Waals surface area contributed by atoms with Gasteiger partial charge in [-0.15, -0.1) is 0 Å². The molecule has 0 saturated heterocycles. The molecule has 2 aliphatic carbocycles. The van der Waals surface area contributed by atoms with E-state index >= 15 is 0 Å². The topological polar surface area (TPSA) is 12.4 Å². The van der Waals surface area contributed by atoms with Gasteiger partial charge in [0.25, 0.3) is 0 Å². The molecule has 0 fully saturated rings. The van der Waals surface area contributed by atoms with Crippen molar-refractivity contribution in [2.24, 2.45) is 4.99 Å².